The molecule has 0 radical (unpaired) electrons. The maximum Gasteiger partial charge on any atom is 0.310 e. The zero-order chi connectivity index (χ0) is 15.5. The van der Waals surface area contributed by atoms with Gasteiger partial charge in [0.2, 0.25) is 5.91 Å². The minimum atomic E-state index is -0.964. The van der Waals surface area contributed by atoms with E-state index in [4.69, 9.17) is 4.74 Å². The number of nitrogens with one attached hydrogen (secondary N) is 1. The molecule has 0 bridgehead atoms. The van der Waals surface area contributed by atoms with Gasteiger partial charge in [0, 0.05) is 18.2 Å². The lowest BCUT2D eigenvalue weighted by molar-refractivity contribution is -0.150. The molecule has 1 aliphatic rings. The number of methoxy groups -OCH3 is 1. The van der Waals surface area contributed by atoms with E-state index in [0.29, 0.717) is 18.5 Å². The van der Waals surface area contributed by atoms with Crippen LogP contribution in [0, 0.1) is 11.2 Å². The van der Waals surface area contributed by atoms with Crippen molar-refractivity contribution in [3.8, 4) is 5.75 Å². The summed E-state index contributed by atoms with van der Waals surface area (Å²) in [6.07, 6.45) is 2.61. The SMILES string of the molecule is COc1cc(NC(=O)CC2(C(=O)O)CCCC2)ccc1F. The van der Waals surface area contributed by atoms with Crippen molar-refractivity contribution in [3.05, 3.63) is 24.0 Å². The van der Waals surface area contributed by atoms with Gasteiger partial charge in [-0.2, -0.15) is 0 Å². The first-order valence-corrected chi connectivity index (χ1v) is 6.84. The zero-order valence-corrected chi connectivity index (χ0v) is 11.8. The van der Waals surface area contributed by atoms with Gasteiger partial charge >= 0.3 is 5.97 Å². The van der Waals surface area contributed by atoms with Crippen LogP contribution in [-0.4, -0.2) is 24.1 Å². The summed E-state index contributed by atoms with van der Waals surface area (Å²) in [6.45, 7) is 0. The average molecular weight is 295 g/mol. The number of carboxylic acids is 1. The third kappa shape index (κ3) is 3.32. The maximum absolute atomic E-state index is 13.3. The van der Waals surface area contributed by atoms with Gasteiger partial charge in [-0.15, -0.1) is 0 Å². The summed E-state index contributed by atoms with van der Waals surface area (Å²) in [5, 5.41) is 11.9. The molecule has 0 saturated heterocycles. The van der Waals surface area contributed by atoms with E-state index in [0.717, 1.165) is 12.8 Å². The Morgan fingerprint density at radius 1 is 1.38 bits per heavy atom. The monoisotopic (exact) mass is 295 g/mol. The first-order chi connectivity index (χ1) is 9.97. The lowest BCUT2D eigenvalue weighted by atomic mass is 9.82. The normalized spacial score (nSPS) is 16.5. The molecule has 6 heteroatoms. The van der Waals surface area contributed by atoms with E-state index in [-0.39, 0.29) is 18.1 Å². The molecule has 2 N–H and O–H groups in total. The Hall–Kier alpha value is -2.11. The quantitative estimate of drug-likeness (QED) is 0.876. The smallest absolute Gasteiger partial charge is 0.310 e. The summed E-state index contributed by atoms with van der Waals surface area (Å²) in [5.41, 5.74) is -0.578. The van der Waals surface area contributed by atoms with Crippen LogP contribution in [-0.2, 0) is 9.59 Å². The summed E-state index contributed by atoms with van der Waals surface area (Å²) in [4.78, 5) is 23.5. The Morgan fingerprint density at radius 3 is 2.62 bits per heavy atom. The zero-order valence-electron chi connectivity index (χ0n) is 11.8. The average Bonchev–Trinajstić information content (AvgIpc) is 2.90. The maximum atomic E-state index is 13.3. The van der Waals surface area contributed by atoms with Crippen LogP contribution in [0.1, 0.15) is 32.1 Å². The highest BCUT2D eigenvalue weighted by Gasteiger charge is 2.42. The van der Waals surface area contributed by atoms with Crippen LogP contribution in [0.5, 0.6) is 5.75 Å². The fourth-order valence-corrected chi connectivity index (χ4v) is 2.77. The fraction of sp³-hybridized carbons (Fsp3) is 0.467. The molecule has 5 nitrogen and oxygen atoms in total. The second kappa shape index (κ2) is 6.11. The van der Waals surface area contributed by atoms with Gasteiger partial charge in [0.25, 0.3) is 0 Å². The first-order valence-electron chi connectivity index (χ1n) is 6.84. The van der Waals surface area contributed by atoms with Crippen LogP contribution >= 0.6 is 0 Å². The molecule has 21 heavy (non-hydrogen) atoms. The summed E-state index contributed by atoms with van der Waals surface area (Å²) in [5.74, 6) is -1.80. The molecule has 1 aliphatic carbocycles. The minimum Gasteiger partial charge on any atom is -0.494 e. The molecule has 0 aliphatic heterocycles. The number of amides is 1. The van der Waals surface area contributed by atoms with Crippen molar-refractivity contribution in [1.82, 2.24) is 0 Å². The first kappa shape index (κ1) is 15.3. The van der Waals surface area contributed by atoms with E-state index in [1.165, 1.54) is 25.3 Å². The van der Waals surface area contributed by atoms with Gasteiger partial charge in [0.15, 0.2) is 11.6 Å². The van der Waals surface area contributed by atoms with Crippen LogP contribution in [0.3, 0.4) is 0 Å². The summed E-state index contributed by atoms with van der Waals surface area (Å²) >= 11 is 0. The van der Waals surface area contributed by atoms with Gasteiger partial charge in [0.05, 0.1) is 12.5 Å². The van der Waals surface area contributed by atoms with Crippen molar-refractivity contribution in [3.63, 3.8) is 0 Å². The van der Waals surface area contributed by atoms with Gasteiger partial charge in [-0.3, -0.25) is 9.59 Å². The van der Waals surface area contributed by atoms with Crippen LogP contribution in [0.2, 0.25) is 0 Å². The Balaban J connectivity index is 2.06. The lowest BCUT2D eigenvalue weighted by Crippen LogP contribution is -2.32. The number of halogens is 1. The number of aliphatic carboxylic acids is 1. The van der Waals surface area contributed by atoms with Crippen LogP contribution in [0.25, 0.3) is 0 Å². The predicted octanol–water partition coefficient (Wildman–Crippen LogP) is 2.81. The van der Waals surface area contributed by atoms with E-state index in [9.17, 15) is 19.1 Å². The third-order valence-corrected chi connectivity index (χ3v) is 3.95. The number of benzene rings is 1. The molecule has 1 aromatic rings. The molecule has 0 heterocycles. The molecule has 1 aromatic carbocycles. The molecule has 1 fully saturated rings. The van der Waals surface area contributed by atoms with Crippen molar-refractivity contribution in [2.24, 2.45) is 5.41 Å². The Labute approximate surface area is 122 Å². The number of carbonyl (C=O) groups is 2. The number of hydrogen-bond donors (Lipinski definition) is 2. The van der Waals surface area contributed by atoms with Gasteiger partial charge in [-0.25, -0.2) is 4.39 Å². The Morgan fingerprint density at radius 2 is 2.05 bits per heavy atom. The number of carbonyl (C=O) groups excluding carboxylic acids is 1. The largest absolute Gasteiger partial charge is 0.494 e. The second-order valence-electron chi connectivity index (χ2n) is 5.37. The van der Waals surface area contributed by atoms with E-state index < -0.39 is 17.2 Å². The standard InChI is InChI=1S/C15H18FNO4/c1-21-12-8-10(4-5-11(12)16)17-13(18)9-15(14(19)20)6-2-3-7-15/h4-5,8H,2-3,6-7,9H2,1H3,(H,17,18)(H,19,20). The molecule has 0 spiro atoms. The Bertz CT molecular complexity index is 553. The van der Waals surface area contributed by atoms with E-state index in [2.05, 4.69) is 5.32 Å². The van der Waals surface area contributed by atoms with Gasteiger partial charge in [0.1, 0.15) is 0 Å². The van der Waals surface area contributed by atoms with Gasteiger partial charge < -0.3 is 15.2 Å². The number of rotatable bonds is 5. The molecule has 1 saturated carbocycles. The van der Waals surface area contributed by atoms with Crippen molar-refractivity contribution >= 4 is 17.6 Å². The molecule has 2 rings (SSSR count). The van der Waals surface area contributed by atoms with E-state index >= 15 is 0 Å². The Kier molecular flexibility index (Phi) is 4.45. The molecule has 1 amide bonds. The molecule has 0 unspecified atom stereocenters. The van der Waals surface area contributed by atoms with E-state index in [1.807, 2.05) is 0 Å². The topological polar surface area (TPSA) is 75.6 Å². The predicted molar refractivity (Wildman–Crippen MR) is 74.7 cm³/mol. The van der Waals surface area contributed by atoms with Crippen LogP contribution in [0.15, 0.2) is 18.2 Å². The summed E-state index contributed by atoms with van der Waals surface area (Å²) in [6, 6.07) is 3.98. The molecule has 0 aromatic heterocycles. The van der Waals surface area contributed by atoms with Gasteiger partial charge in [-0.05, 0) is 25.0 Å². The summed E-state index contributed by atoms with van der Waals surface area (Å²) in [7, 11) is 1.34. The highest BCUT2D eigenvalue weighted by atomic mass is 19.1. The van der Waals surface area contributed by atoms with Crippen molar-refractivity contribution in [1.29, 1.82) is 0 Å². The van der Waals surface area contributed by atoms with Crippen LogP contribution < -0.4 is 10.1 Å². The molecule has 0 atom stereocenters. The number of carboxylic acid groups (broad SMARTS) is 1. The van der Waals surface area contributed by atoms with Crippen LogP contribution in [0.4, 0.5) is 10.1 Å². The number of ether oxygens (including phenoxy) is 1. The molecule has 114 valence electrons. The fourth-order valence-electron chi connectivity index (χ4n) is 2.77. The highest BCUT2D eigenvalue weighted by Crippen LogP contribution is 2.41. The summed E-state index contributed by atoms with van der Waals surface area (Å²) < 4.78 is 18.1. The third-order valence-electron chi connectivity index (χ3n) is 3.95. The number of hydrogen-bond acceptors (Lipinski definition) is 3. The van der Waals surface area contributed by atoms with Gasteiger partial charge in [-0.1, -0.05) is 12.8 Å². The van der Waals surface area contributed by atoms with Crippen molar-refractivity contribution in [2.45, 2.75) is 32.1 Å². The van der Waals surface area contributed by atoms with E-state index in [1.54, 1.807) is 0 Å². The lowest BCUT2D eigenvalue weighted by Gasteiger charge is -2.22. The second-order valence-corrected chi connectivity index (χ2v) is 5.37. The molecular weight excluding hydrogens is 277 g/mol. The van der Waals surface area contributed by atoms with Crippen molar-refractivity contribution in [2.75, 3.05) is 12.4 Å². The minimum absolute atomic E-state index is 0.0293. The van der Waals surface area contributed by atoms with Crippen molar-refractivity contribution < 1.29 is 23.8 Å². The molecular formula is C15H18FNO4. The number of anilines is 1. The highest BCUT2D eigenvalue weighted by molar-refractivity contribution is 5.94.